The van der Waals surface area contributed by atoms with Crippen LogP contribution < -0.4 is 4.74 Å². The average Bonchev–Trinajstić information content (AvgIpc) is 2.59. The van der Waals surface area contributed by atoms with Crippen molar-refractivity contribution in [3.8, 4) is 5.75 Å². The first kappa shape index (κ1) is 20.4. The van der Waals surface area contributed by atoms with E-state index in [1.54, 1.807) is 11.0 Å². The van der Waals surface area contributed by atoms with Crippen molar-refractivity contribution in [3.05, 3.63) is 29.8 Å². The van der Waals surface area contributed by atoms with Gasteiger partial charge in [-0.3, -0.25) is 4.90 Å². The van der Waals surface area contributed by atoms with Crippen LogP contribution in [0.4, 0.5) is 18.0 Å². The molecule has 0 saturated carbocycles. The second-order valence-electron chi connectivity index (χ2n) is 6.29. The molecule has 1 aromatic carbocycles. The molecule has 1 aliphatic rings. The third-order valence-corrected chi connectivity index (χ3v) is 4.20. The minimum absolute atomic E-state index is 0.0927. The fourth-order valence-corrected chi connectivity index (χ4v) is 2.81. The van der Waals surface area contributed by atoms with Gasteiger partial charge in [-0.15, -0.1) is 13.2 Å². The maximum absolute atomic E-state index is 12.2. The lowest BCUT2D eigenvalue weighted by molar-refractivity contribution is -0.274. The number of amides is 1. The summed E-state index contributed by atoms with van der Waals surface area (Å²) >= 11 is 0. The highest BCUT2D eigenvalue weighted by Crippen LogP contribution is 2.23. The monoisotopic (exact) mass is 374 g/mol. The Morgan fingerprint density at radius 3 is 2.54 bits per heavy atom. The molecule has 1 heterocycles. The van der Waals surface area contributed by atoms with Gasteiger partial charge in [0.1, 0.15) is 12.4 Å². The van der Waals surface area contributed by atoms with Gasteiger partial charge >= 0.3 is 12.5 Å². The van der Waals surface area contributed by atoms with E-state index in [1.807, 2.05) is 0 Å². The van der Waals surface area contributed by atoms with Crippen LogP contribution >= 0.6 is 0 Å². The van der Waals surface area contributed by atoms with Crippen molar-refractivity contribution in [3.63, 3.8) is 0 Å². The molecule has 1 aliphatic heterocycles. The third kappa shape index (κ3) is 7.11. The molecular weight excluding hydrogens is 349 g/mol. The van der Waals surface area contributed by atoms with Gasteiger partial charge in [0.25, 0.3) is 0 Å². The third-order valence-electron chi connectivity index (χ3n) is 4.20. The normalized spacial score (nSPS) is 15.8. The van der Waals surface area contributed by atoms with Crippen molar-refractivity contribution in [1.29, 1.82) is 0 Å². The van der Waals surface area contributed by atoms with Crippen LogP contribution in [-0.4, -0.2) is 55.0 Å². The standard InChI is InChI=1S/C18H25F3N2O3/c1-2-3-4-8-22-9-11-23(12-10-22)17(24)25-14-15-6-5-7-16(13-15)26-18(19,20)21/h5-7,13H,2-4,8-12,14H2,1H3. The van der Waals surface area contributed by atoms with Gasteiger partial charge in [0.05, 0.1) is 0 Å². The first-order valence-electron chi connectivity index (χ1n) is 8.86. The van der Waals surface area contributed by atoms with Crippen molar-refractivity contribution in [2.24, 2.45) is 0 Å². The number of nitrogens with zero attached hydrogens (tertiary/aromatic N) is 2. The zero-order valence-electron chi connectivity index (χ0n) is 14.9. The molecule has 5 nitrogen and oxygen atoms in total. The number of ether oxygens (including phenoxy) is 2. The summed E-state index contributed by atoms with van der Waals surface area (Å²) in [5.41, 5.74) is 0.443. The quantitative estimate of drug-likeness (QED) is 0.676. The number of hydrogen-bond donors (Lipinski definition) is 0. The molecule has 2 rings (SSSR count). The van der Waals surface area contributed by atoms with E-state index in [1.165, 1.54) is 31.0 Å². The molecule has 1 saturated heterocycles. The molecule has 8 heteroatoms. The van der Waals surface area contributed by atoms with Crippen LogP contribution in [0.1, 0.15) is 31.7 Å². The predicted octanol–water partition coefficient (Wildman–Crippen LogP) is 4.03. The summed E-state index contributed by atoms with van der Waals surface area (Å²) in [7, 11) is 0. The molecule has 0 radical (unpaired) electrons. The van der Waals surface area contributed by atoms with Crippen LogP contribution in [0.2, 0.25) is 0 Å². The van der Waals surface area contributed by atoms with Gasteiger partial charge in [-0.1, -0.05) is 31.9 Å². The molecule has 0 N–H and O–H groups in total. The Kier molecular flexibility index (Phi) is 7.56. The molecule has 0 atom stereocenters. The molecule has 0 unspecified atom stereocenters. The van der Waals surface area contributed by atoms with E-state index in [0.717, 1.165) is 26.1 Å². The Bertz CT molecular complexity index is 573. The van der Waals surface area contributed by atoms with Crippen molar-refractivity contribution in [1.82, 2.24) is 9.80 Å². The van der Waals surface area contributed by atoms with Crippen molar-refractivity contribution in [2.45, 2.75) is 39.2 Å². The molecule has 1 fully saturated rings. The number of alkyl halides is 3. The van der Waals surface area contributed by atoms with Gasteiger partial charge in [-0.2, -0.15) is 0 Å². The maximum atomic E-state index is 12.2. The second kappa shape index (κ2) is 9.66. The van der Waals surface area contributed by atoms with Crippen LogP contribution in [0.25, 0.3) is 0 Å². The Morgan fingerprint density at radius 2 is 1.88 bits per heavy atom. The van der Waals surface area contributed by atoms with Crippen LogP contribution in [0.3, 0.4) is 0 Å². The lowest BCUT2D eigenvalue weighted by Gasteiger charge is -2.34. The molecule has 26 heavy (non-hydrogen) atoms. The highest BCUT2D eigenvalue weighted by molar-refractivity contribution is 5.67. The summed E-state index contributed by atoms with van der Waals surface area (Å²) in [6.45, 7) is 5.94. The summed E-state index contributed by atoms with van der Waals surface area (Å²) in [5.74, 6) is -0.327. The van der Waals surface area contributed by atoms with Crippen LogP contribution in [0.15, 0.2) is 24.3 Å². The van der Waals surface area contributed by atoms with E-state index in [0.29, 0.717) is 18.7 Å². The highest BCUT2D eigenvalue weighted by atomic mass is 19.4. The van der Waals surface area contributed by atoms with Gasteiger partial charge in [0, 0.05) is 26.2 Å². The predicted molar refractivity (Wildman–Crippen MR) is 90.8 cm³/mol. The molecule has 1 aromatic rings. The number of unbranched alkanes of at least 4 members (excludes halogenated alkanes) is 2. The first-order valence-corrected chi connectivity index (χ1v) is 8.86. The average molecular weight is 374 g/mol. The highest BCUT2D eigenvalue weighted by Gasteiger charge is 2.31. The minimum atomic E-state index is -4.74. The fraction of sp³-hybridized carbons (Fsp3) is 0.611. The zero-order valence-corrected chi connectivity index (χ0v) is 14.9. The molecule has 0 bridgehead atoms. The number of piperazine rings is 1. The van der Waals surface area contributed by atoms with E-state index in [2.05, 4.69) is 16.6 Å². The largest absolute Gasteiger partial charge is 0.573 e. The van der Waals surface area contributed by atoms with Gasteiger partial charge in [-0.05, 0) is 30.7 Å². The smallest absolute Gasteiger partial charge is 0.445 e. The lowest BCUT2D eigenvalue weighted by Crippen LogP contribution is -2.48. The van der Waals surface area contributed by atoms with Crippen LogP contribution in [-0.2, 0) is 11.3 Å². The summed E-state index contributed by atoms with van der Waals surface area (Å²) in [6, 6.07) is 5.44. The number of benzene rings is 1. The summed E-state index contributed by atoms with van der Waals surface area (Å²) in [4.78, 5) is 16.1. The van der Waals surface area contributed by atoms with Crippen molar-refractivity contribution in [2.75, 3.05) is 32.7 Å². The van der Waals surface area contributed by atoms with Gasteiger partial charge in [0.15, 0.2) is 0 Å². The van der Waals surface area contributed by atoms with Gasteiger partial charge in [-0.25, -0.2) is 4.79 Å². The topological polar surface area (TPSA) is 42.0 Å². The number of hydrogen-bond acceptors (Lipinski definition) is 4. The Balaban J connectivity index is 1.75. The number of rotatable bonds is 7. The lowest BCUT2D eigenvalue weighted by atomic mass is 10.2. The van der Waals surface area contributed by atoms with Crippen molar-refractivity contribution >= 4 is 6.09 Å². The Labute approximate surface area is 151 Å². The van der Waals surface area contributed by atoms with Gasteiger partial charge in [0.2, 0.25) is 0 Å². The summed E-state index contributed by atoms with van der Waals surface area (Å²) in [6.07, 6.45) is -1.63. The zero-order chi connectivity index (χ0) is 19.0. The fourth-order valence-electron chi connectivity index (χ4n) is 2.81. The number of halogens is 3. The Hall–Kier alpha value is -1.96. The molecular formula is C18H25F3N2O3. The minimum Gasteiger partial charge on any atom is -0.445 e. The van der Waals surface area contributed by atoms with Gasteiger partial charge < -0.3 is 14.4 Å². The summed E-state index contributed by atoms with van der Waals surface area (Å²) < 4.78 is 45.8. The second-order valence-corrected chi connectivity index (χ2v) is 6.29. The van der Waals surface area contributed by atoms with Crippen LogP contribution in [0, 0.1) is 0 Å². The maximum Gasteiger partial charge on any atom is 0.573 e. The van der Waals surface area contributed by atoms with E-state index < -0.39 is 12.5 Å². The van der Waals surface area contributed by atoms with E-state index in [4.69, 9.17) is 4.74 Å². The summed E-state index contributed by atoms with van der Waals surface area (Å²) in [5, 5.41) is 0. The van der Waals surface area contributed by atoms with Crippen molar-refractivity contribution < 1.29 is 27.4 Å². The Morgan fingerprint density at radius 1 is 1.15 bits per heavy atom. The molecule has 0 aromatic heterocycles. The van der Waals surface area contributed by atoms with E-state index >= 15 is 0 Å². The van der Waals surface area contributed by atoms with Crippen LogP contribution in [0.5, 0.6) is 5.75 Å². The SMILES string of the molecule is CCCCCN1CCN(C(=O)OCc2cccc(OC(F)(F)F)c2)CC1. The van der Waals surface area contributed by atoms with E-state index in [9.17, 15) is 18.0 Å². The molecule has 0 aliphatic carbocycles. The van der Waals surface area contributed by atoms with E-state index in [-0.39, 0.29) is 12.4 Å². The first-order chi connectivity index (χ1) is 12.4. The molecule has 146 valence electrons. The molecule has 0 spiro atoms. The number of carbonyl (C=O) groups is 1. The number of carbonyl (C=O) groups excluding carboxylic acids is 1. The molecule has 1 amide bonds.